The number of rotatable bonds is 7. The summed E-state index contributed by atoms with van der Waals surface area (Å²) >= 11 is 0. The molecule has 1 atom stereocenters. The van der Waals surface area contributed by atoms with Gasteiger partial charge in [-0.05, 0) is 63.6 Å². The second-order valence-electron chi connectivity index (χ2n) is 8.57. The average Bonchev–Trinajstić information content (AvgIpc) is 3.40. The van der Waals surface area contributed by atoms with Gasteiger partial charge in [0.05, 0.1) is 17.4 Å². The molecule has 1 fully saturated rings. The molecule has 168 valence electrons. The number of aryl methyl sites for hydroxylation is 4. The number of hydrogen-bond donors (Lipinski definition) is 0. The minimum absolute atomic E-state index is 0.0339. The highest BCUT2D eigenvalue weighted by molar-refractivity contribution is 5.78. The van der Waals surface area contributed by atoms with Crippen LogP contribution in [-0.2, 0) is 17.6 Å². The van der Waals surface area contributed by atoms with Crippen molar-refractivity contribution in [1.29, 1.82) is 0 Å². The number of hydrogen-bond acceptors (Lipinski definition) is 6. The Morgan fingerprint density at radius 2 is 2.03 bits per heavy atom. The standard InChI is InChI=1S/C25H31N5O2/c1-5-7-23-27-15-21(19-11-12-26-14-16(19)2)25(28-23)22-8-6-13-30(22)24(31)10-9-20-17(3)29-32-18(20)4/h11-12,14-15,22H,5-10,13H2,1-4H3. The third-order valence-electron chi connectivity index (χ3n) is 6.31. The smallest absolute Gasteiger partial charge is 0.223 e. The molecule has 0 bridgehead atoms. The molecule has 1 unspecified atom stereocenters. The van der Waals surface area contributed by atoms with E-state index in [1.165, 1.54) is 0 Å². The van der Waals surface area contributed by atoms with Crippen LogP contribution in [0.25, 0.3) is 11.1 Å². The van der Waals surface area contributed by atoms with Gasteiger partial charge in [-0.3, -0.25) is 9.78 Å². The van der Waals surface area contributed by atoms with E-state index >= 15 is 0 Å². The van der Waals surface area contributed by atoms with Crippen LogP contribution in [-0.4, -0.2) is 37.5 Å². The number of carbonyl (C=O) groups is 1. The monoisotopic (exact) mass is 433 g/mol. The largest absolute Gasteiger partial charge is 0.361 e. The molecule has 3 aromatic heterocycles. The van der Waals surface area contributed by atoms with Crippen LogP contribution in [0.4, 0.5) is 0 Å². The second kappa shape index (κ2) is 9.59. The Hall–Kier alpha value is -3.09. The maximum absolute atomic E-state index is 13.3. The van der Waals surface area contributed by atoms with Crippen molar-refractivity contribution in [2.75, 3.05) is 6.54 Å². The van der Waals surface area contributed by atoms with Gasteiger partial charge in [0.15, 0.2) is 0 Å². The van der Waals surface area contributed by atoms with E-state index in [-0.39, 0.29) is 11.9 Å². The van der Waals surface area contributed by atoms with Gasteiger partial charge in [-0.25, -0.2) is 9.97 Å². The van der Waals surface area contributed by atoms with Crippen molar-refractivity contribution in [1.82, 2.24) is 25.0 Å². The number of nitrogens with zero attached hydrogens (tertiary/aromatic N) is 5. The third-order valence-corrected chi connectivity index (χ3v) is 6.31. The van der Waals surface area contributed by atoms with Gasteiger partial charge in [0, 0.05) is 49.1 Å². The number of likely N-dealkylation sites (tertiary alicyclic amines) is 1. The Balaban J connectivity index is 1.64. The third kappa shape index (κ3) is 4.42. The first-order valence-corrected chi connectivity index (χ1v) is 11.5. The average molecular weight is 434 g/mol. The van der Waals surface area contributed by atoms with E-state index in [9.17, 15) is 4.79 Å². The first-order chi connectivity index (χ1) is 15.5. The highest BCUT2D eigenvalue weighted by Crippen LogP contribution is 2.37. The zero-order chi connectivity index (χ0) is 22.7. The first-order valence-electron chi connectivity index (χ1n) is 11.5. The fourth-order valence-electron chi connectivity index (χ4n) is 4.60. The Morgan fingerprint density at radius 1 is 1.19 bits per heavy atom. The Bertz CT molecular complexity index is 1090. The van der Waals surface area contributed by atoms with Crippen LogP contribution in [0.5, 0.6) is 0 Å². The summed E-state index contributed by atoms with van der Waals surface area (Å²) in [7, 11) is 0. The molecule has 0 aliphatic carbocycles. The summed E-state index contributed by atoms with van der Waals surface area (Å²) in [4.78, 5) is 29.1. The lowest BCUT2D eigenvalue weighted by atomic mass is 9.97. The summed E-state index contributed by atoms with van der Waals surface area (Å²) in [5, 5.41) is 4.01. The van der Waals surface area contributed by atoms with Gasteiger partial charge in [-0.2, -0.15) is 0 Å². The zero-order valence-corrected chi connectivity index (χ0v) is 19.4. The van der Waals surface area contributed by atoms with E-state index in [0.29, 0.717) is 12.8 Å². The molecule has 0 radical (unpaired) electrons. The maximum atomic E-state index is 13.3. The molecule has 0 saturated carbocycles. The van der Waals surface area contributed by atoms with E-state index in [4.69, 9.17) is 9.51 Å². The summed E-state index contributed by atoms with van der Waals surface area (Å²) in [5.74, 6) is 1.79. The maximum Gasteiger partial charge on any atom is 0.223 e. The van der Waals surface area contributed by atoms with E-state index in [1.54, 1.807) is 6.20 Å². The van der Waals surface area contributed by atoms with Crippen LogP contribution in [0, 0.1) is 20.8 Å². The van der Waals surface area contributed by atoms with Gasteiger partial charge in [0.25, 0.3) is 0 Å². The van der Waals surface area contributed by atoms with Gasteiger partial charge in [-0.1, -0.05) is 12.1 Å². The van der Waals surface area contributed by atoms with Crippen LogP contribution in [0.2, 0.25) is 0 Å². The lowest BCUT2D eigenvalue weighted by Gasteiger charge is -2.26. The molecule has 3 aromatic rings. The number of aromatic nitrogens is 4. The van der Waals surface area contributed by atoms with Crippen LogP contribution in [0.1, 0.15) is 72.7 Å². The molecule has 0 aromatic carbocycles. The van der Waals surface area contributed by atoms with Crippen LogP contribution in [0.15, 0.2) is 29.2 Å². The summed E-state index contributed by atoms with van der Waals surface area (Å²) in [6, 6.07) is 1.98. The highest BCUT2D eigenvalue weighted by atomic mass is 16.5. The van der Waals surface area contributed by atoms with E-state index in [1.807, 2.05) is 44.1 Å². The minimum atomic E-state index is -0.0339. The minimum Gasteiger partial charge on any atom is -0.361 e. The molecule has 7 heteroatoms. The Labute approximate surface area is 189 Å². The normalized spacial score (nSPS) is 16.0. The summed E-state index contributed by atoms with van der Waals surface area (Å²) in [6.07, 6.45) is 10.4. The fraction of sp³-hybridized carbons (Fsp3) is 0.480. The molecule has 1 saturated heterocycles. The van der Waals surface area contributed by atoms with Crippen LogP contribution >= 0.6 is 0 Å². The predicted octanol–water partition coefficient (Wildman–Crippen LogP) is 4.70. The molecule has 7 nitrogen and oxygen atoms in total. The predicted molar refractivity (Wildman–Crippen MR) is 122 cm³/mol. The van der Waals surface area contributed by atoms with Gasteiger partial charge in [-0.15, -0.1) is 0 Å². The molecular weight excluding hydrogens is 402 g/mol. The number of carbonyl (C=O) groups excluding carboxylic acids is 1. The topological polar surface area (TPSA) is 85.0 Å². The molecule has 0 N–H and O–H groups in total. The van der Waals surface area contributed by atoms with E-state index in [0.717, 1.165) is 77.5 Å². The van der Waals surface area contributed by atoms with Gasteiger partial charge >= 0.3 is 0 Å². The molecule has 1 amide bonds. The zero-order valence-electron chi connectivity index (χ0n) is 19.4. The second-order valence-corrected chi connectivity index (χ2v) is 8.57. The summed E-state index contributed by atoms with van der Waals surface area (Å²) in [5.41, 5.74) is 6.02. The van der Waals surface area contributed by atoms with Crippen LogP contribution < -0.4 is 0 Å². The number of amides is 1. The molecule has 32 heavy (non-hydrogen) atoms. The van der Waals surface area contributed by atoms with Crippen molar-refractivity contribution in [3.8, 4) is 11.1 Å². The van der Waals surface area contributed by atoms with Crippen molar-refractivity contribution < 1.29 is 9.32 Å². The van der Waals surface area contributed by atoms with E-state index in [2.05, 4.69) is 22.0 Å². The lowest BCUT2D eigenvalue weighted by molar-refractivity contribution is -0.132. The van der Waals surface area contributed by atoms with Crippen LogP contribution in [0.3, 0.4) is 0 Å². The van der Waals surface area contributed by atoms with Crippen molar-refractivity contribution >= 4 is 5.91 Å². The first kappa shape index (κ1) is 22.1. The molecule has 1 aliphatic rings. The summed E-state index contributed by atoms with van der Waals surface area (Å²) in [6.45, 7) is 8.76. The van der Waals surface area contributed by atoms with Crippen molar-refractivity contribution in [3.63, 3.8) is 0 Å². The summed E-state index contributed by atoms with van der Waals surface area (Å²) < 4.78 is 5.26. The Morgan fingerprint density at radius 3 is 2.75 bits per heavy atom. The van der Waals surface area contributed by atoms with Gasteiger partial charge < -0.3 is 9.42 Å². The molecule has 0 spiro atoms. The van der Waals surface area contributed by atoms with Crippen molar-refractivity contribution in [2.24, 2.45) is 0 Å². The molecule has 4 rings (SSSR count). The quantitative estimate of drug-likeness (QED) is 0.537. The van der Waals surface area contributed by atoms with E-state index < -0.39 is 0 Å². The molecular formula is C25H31N5O2. The fourth-order valence-corrected chi connectivity index (χ4v) is 4.60. The van der Waals surface area contributed by atoms with Crippen molar-refractivity contribution in [2.45, 2.75) is 72.3 Å². The lowest BCUT2D eigenvalue weighted by Crippen LogP contribution is -2.31. The van der Waals surface area contributed by atoms with Gasteiger partial charge in [0.2, 0.25) is 5.91 Å². The molecule has 4 heterocycles. The number of pyridine rings is 1. The Kier molecular flexibility index (Phi) is 6.63. The van der Waals surface area contributed by atoms with Gasteiger partial charge in [0.1, 0.15) is 11.6 Å². The SMILES string of the molecule is CCCc1ncc(-c2ccncc2C)c(C2CCCN2C(=O)CCc2c(C)noc2C)n1. The molecule has 1 aliphatic heterocycles. The highest BCUT2D eigenvalue weighted by Gasteiger charge is 2.33. The van der Waals surface area contributed by atoms with Crippen molar-refractivity contribution in [3.05, 3.63) is 58.8 Å².